The molecule has 1 N–H and O–H groups in total. The summed E-state index contributed by atoms with van der Waals surface area (Å²) in [4.78, 5) is 21.5. The summed E-state index contributed by atoms with van der Waals surface area (Å²) in [5.41, 5.74) is 0. The standard InChI is InChI=1S/C5H6FNO3S/c6-3(4(8)9)7-1-2-11-5(7)10/h3H,1-2H2,(H,8,9). The van der Waals surface area contributed by atoms with E-state index in [-0.39, 0.29) is 6.54 Å². The van der Waals surface area contributed by atoms with Crippen LogP contribution in [0.5, 0.6) is 0 Å². The number of amides is 1. The van der Waals surface area contributed by atoms with Gasteiger partial charge in [0.2, 0.25) is 0 Å². The van der Waals surface area contributed by atoms with Crippen molar-refractivity contribution in [1.82, 2.24) is 4.90 Å². The molecule has 0 radical (unpaired) electrons. The number of hydrogen-bond donors (Lipinski definition) is 1. The zero-order valence-electron chi connectivity index (χ0n) is 5.49. The third-order valence-electron chi connectivity index (χ3n) is 1.27. The minimum absolute atomic E-state index is 0.178. The monoisotopic (exact) mass is 179 g/mol. The molecule has 0 saturated carbocycles. The fourth-order valence-electron chi connectivity index (χ4n) is 0.745. The number of carboxylic acids is 1. The van der Waals surface area contributed by atoms with Gasteiger partial charge in [-0.25, -0.2) is 9.18 Å². The fraction of sp³-hybridized carbons (Fsp3) is 0.600. The molecule has 0 aromatic heterocycles. The van der Waals surface area contributed by atoms with Crippen molar-refractivity contribution in [2.45, 2.75) is 6.30 Å². The van der Waals surface area contributed by atoms with Gasteiger partial charge in [-0.3, -0.25) is 9.69 Å². The predicted octanol–water partition coefficient (Wildman–Crippen LogP) is 0.535. The van der Waals surface area contributed by atoms with Gasteiger partial charge in [-0.15, -0.1) is 0 Å². The third kappa shape index (κ3) is 1.62. The molecular weight excluding hydrogens is 173 g/mol. The van der Waals surface area contributed by atoms with Gasteiger partial charge in [-0.1, -0.05) is 11.8 Å². The molecule has 1 amide bonds. The molecular formula is C5H6FNO3S. The second kappa shape index (κ2) is 3.08. The van der Waals surface area contributed by atoms with E-state index in [1.54, 1.807) is 0 Å². The summed E-state index contributed by atoms with van der Waals surface area (Å²) in [6.07, 6.45) is -2.18. The predicted molar refractivity (Wildman–Crippen MR) is 37.1 cm³/mol. The summed E-state index contributed by atoms with van der Waals surface area (Å²) in [7, 11) is 0. The van der Waals surface area contributed by atoms with E-state index in [0.29, 0.717) is 10.7 Å². The highest BCUT2D eigenvalue weighted by Crippen LogP contribution is 2.20. The van der Waals surface area contributed by atoms with Crippen LogP contribution in [0.25, 0.3) is 0 Å². The van der Waals surface area contributed by atoms with Gasteiger partial charge in [-0.2, -0.15) is 0 Å². The first kappa shape index (κ1) is 8.32. The van der Waals surface area contributed by atoms with E-state index in [1.165, 1.54) is 0 Å². The SMILES string of the molecule is O=C(O)C(F)N1CCSC1=O. The molecule has 1 rings (SSSR count). The van der Waals surface area contributed by atoms with E-state index in [2.05, 4.69) is 0 Å². The molecule has 0 aromatic rings. The second-order valence-corrected chi connectivity index (χ2v) is 3.03. The average molecular weight is 179 g/mol. The number of hydrogen-bond acceptors (Lipinski definition) is 3. The molecule has 11 heavy (non-hydrogen) atoms. The Bertz CT molecular complexity index is 198. The maximum atomic E-state index is 12.6. The molecule has 1 unspecified atom stereocenters. The molecule has 62 valence electrons. The number of halogens is 1. The molecule has 4 nitrogen and oxygen atoms in total. The van der Waals surface area contributed by atoms with Crippen molar-refractivity contribution < 1.29 is 19.1 Å². The maximum Gasteiger partial charge on any atom is 0.359 e. The highest BCUT2D eigenvalue weighted by molar-refractivity contribution is 8.13. The smallest absolute Gasteiger partial charge is 0.359 e. The van der Waals surface area contributed by atoms with Crippen LogP contribution in [0.15, 0.2) is 0 Å². The van der Waals surface area contributed by atoms with Crippen LogP contribution in [0, 0.1) is 0 Å². The van der Waals surface area contributed by atoms with Gasteiger partial charge in [0.1, 0.15) is 0 Å². The number of carboxylic acid groups (broad SMARTS) is 1. The molecule has 1 heterocycles. The van der Waals surface area contributed by atoms with Crippen LogP contribution < -0.4 is 0 Å². The zero-order chi connectivity index (χ0) is 8.43. The summed E-state index contributed by atoms with van der Waals surface area (Å²) in [5, 5.41) is 7.68. The van der Waals surface area contributed by atoms with Crippen LogP contribution >= 0.6 is 11.8 Å². The summed E-state index contributed by atoms with van der Waals surface area (Å²) in [5.74, 6) is -1.15. The van der Waals surface area contributed by atoms with Crippen LogP contribution in [0.4, 0.5) is 9.18 Å². The first-order valence-corrected chi connectivity index (χ1v) is 3.92. The maximum absolute atomic E-state index is 12.6. The van der Waals surface area contributed by atoms with E-state index >= 15 is 0 Å². The number of thioether (sulfide) groups is 1. The minimum atomic E-state index is -2.18. The van der Waals surface area contributed by atoms with E-state index in [0.717, 1.165) is 11.8 Å². The molecule has 0 bridgehead atoms. The van der Waals surface area contributed by atoms with Gasteiger partial charge in [0.25, 0.3) is 11.5 Å². The zero-order valence-corrected chi connectivity index (χ0v) is 6.31. The van der Waals surface area contributed by atoms with Crippen molar-refractivity contribution in [3.05, 3.63) is 0 Å². The Balaban J connectivity index is 2.59. The molecule has 0 spiro atoms. The fourth-order valence-corrected chi connectivity index (χ4v) is 1.56. The van der Waals surface area contributed by atoms with E-state index in [9.17, 15) is 14.0 Å². The Labute approximate surface area is 66.4 Å². The number of nitrogens with zero attached hydrogens (tertiary/aromatic N) is 1. The molecule has 1 aliphatic rings. The number of rotatable bonds is 2. The van der Waals surface area contributed by atoms with Crippen molar-refractivity contribution in [3.8, 4) is 0 Å². The van der Waals surface area contributed by atoms with Crippen LogP contribution in [0.2, 0.25) is 0 Å². The Morgan fingerprint density at radius 1 is 1.82 bits per heavy atom. The third-order valence-corrected chi connectivity index (χ3v) is 2.14. The molecule has 0 aromatic carbocycles. The van der Waals surface area contributed by atoms with Crippen molar-refractivity contribution in [1.29, 1.82) is 0 Å². The Hall–Kier alpha value is -0.780. The highest BCUT2D eigenvalue weighted by Gasteiger charge is 2.32. The van der Waals surface area contributed by atoms with Crippen molar-refractivity contribution >= 4 is 23.0 Å². The van der Waals surface area contributed by atoms with Crippen LogP contribution in [-0.4, -0.2) is 39.8 Å². The van der Waals surface area contributed by atoms with E-state index < -0.39 is 17.5 Å². The Morgan fingerprint density at radius 3 is 2.82 bits per heavy atom. The van der Waals surface area contributed by atoms with E-state index in [1.807, 2.05) is 0 Å². The van der Waals surface area contributed by atoms with Gasteiger partial charge in [0.15, 0.2) is 0 Å². The van der Waals surface area contributed by atoms with Crippen LogP contribution in [0.1, 0.15) is 0 Å². The highest BCUT2D eigenvalue weighted by atomic mass is 32.2. The lowest BCUT2D eigenvalue weighted by Crippen LogP contribution is -2.37. The lowest BCUT2D eigenvalue weighted by Gasteiger charge is -2.14. The molecule has 1 saturated heterocycles. The number of carbonyl (C=O) groups is 2. The molecule has 1 atom stereocenters. The number of alkyl halides is 1. The lowest BCUT2D eigenvalue weighted by atomic mass is 10.5. The lowest BCUT2D eigenvalue weighted by molar-refractivity contribution is -0.147. The minimum Gasteiger partial charge on any atom is -0.478 e. The molecule has 1 aliphatic heterocycles. The first-order chi connectivity index (χ1) is 5.13. The normalized spacial score (nSPS) is 20.5. The van der Waals surface area contributed by atoms with Crippen molar-refractivity contribution in [2.75, 3.05) is 12.3 Å². The largest absolute Gasteiger partial charge is 0.478 e. The van der Waals surface area contributed by atoms with Crippen LogP contribution in [-0.2, 0) is 4.79 Å². The van der Waals surface area contributed by atoms with Gasteiger partial charge in [-0.05, 0) is 0 Å². The summed E-state index contributed by atoms with van der Waals surface area (Å²) in [6, 6.07) is 0. The quantitative estimate of drug-likeness (QED) is 0.628. The molecule has 0 aliphatic carbocycles. The van der Waals surface area contributed by atoms with Crippen LogP contribution in [0.3, 0.4) is 0 Å². The summed E-state index contributed by atoms with van der Waals surface area (Å²) in [6.45, 7) is 0.178. The Morgan fingerprint density at radius 2 is 2.45 bits per heavy atom. The van der Waals surface area contributed by atoms with Crippen molar-refractivity contribution in [2.24, 2.45) is 0 Å². The van der Waals surface area contributed by atoms with Gasteiger partial charge in [0, 0.05) is 12.3 Å². The number of aliphatic carboxylic acids is 1. The second-order valence-electron chi connectivity index (χ2n) is 1.98. The van der Waals surface area contributed by atoms with E-state index in [4.69, 9.17) is 5.11 Å². The van der Waals surface area contributed by atoms with Gasteiger partial charge in [0.05, 0.1) is 0 Å². The Kier molecular flexibility index (Phi) is 2.33. The number of carbonyl (C=O) groups excluding carboxylic acids is 1. The van der Waals surface area contributed by atoms with Gasteiger partial charge < -0.3 is 5.11 Å². The summed E-state index contributed by atoms with van der Waals surface area (Å²) >= 11 is 0.935. The average Bonchev–Trinajstić information content (AvgIpc) is 2.33. The van der Waals surface area contributed by atoms with Gasteiger partial charge >= 0.3 is 5.97 Å². The summed E-state index contributed by atoms with van der Waals surface area (Å²) < 4.78 is 12.6. The molecule has 6 heteroatoms. The van der Waals surface area contributed by atoms with Crippen molar-refractivity contribution in [3.63, 3.8) is 0 Å². The topological polar surface area (TPSA) is 57.6 Å². The first-order valence-electron chi connectivity index (χ1n) is 2.93. The molecule has 1 fully saturated rings.